The van der Waals surface area contributed by atoms with Crippen molar-refractivity contribution in [2.45, 2.75) is 70.0 Å². The Balaban J connectivity index is 1.41. The van der Waals surface area contributed by atoms with Gasteiger partial charge in [-0.3, -0.25) is 9.59 Å². The molecule has 1 saturated heterocycles. The van der Waals surface area contributed by atoms with Crippen LogP contribution in [0.4, 0.5) is 4.39 Å². The van der Waals surface area contributed by atoms with E-state index in [0.29, 0.717) is 11.9 Å². The summed E-state index contributed by atoms with van der Waals surface area (Å²) in [6, 6.07) is 9.74. The molecule has 2 aliphatic rings. The van der Waals surface area contributed by atoms with Gasteiger partial charge < -0.3 is 15.5 Å². The molecule has 37 heavy (non-hydrogen) atoms. The molecule has 2 N–H and O–H groups in total. The van der Waals surface area contributed by atoms with Gasteiger partial charge in [0.1, 0.15) is 16.9 Å². The summed E-state index contributed by atoms with van der Waals surface area (Å²) in [5.41, 5.74) is 1.69. The Kier molecular flexibility index (Phi) is 7.86. The quantitative estimate of drug-likeness (QED) is 0.433. The maximum atomic E-state index is 14.4. The third kappa shape index (κ3) is 5.27. The van der Waals surface area contributed by atoms with Crippen molar-refractivity contribution in [3.63, 3.8) is 0 Å². The van der Waals surface area contributed by atoms with Gasteiger partial charge in [0.2, 0.25) is 11.8 Å². The predicted molar refractivity (Wildman–Crippen MR) is 146 cm³/mol. The van der Waals surface area contributed by atoms with E-state index in [0.717, 1.165) is 60.2 Å². The number of carbonyl (C=O) groups excluding carboxylic acids is 2. The van der Waals surface area contributed by atoms with Crippen LogP contribution in [0.2, 0.25) is 0 Å². The average Bonchev–Trinajstić information content (AvgIpc) is 3.62. The van der Waals surface area contributed by atoms with Crippen molar-refractivity contribution in [2.24, 2.45) is 5.92 Å². The fourth-order valence-corrected chi connectivity index (χ4v) is 6.74. The van der Waals surface area contributed by atoms with Crippen molar-refractivity contribution in [3.05, 3.63) is 52.6 Å². The van der Waals surface area contributed by atoms with Gasteiger partial charge in [-0.1, -0.05) is 43.5 Å². The van der Waals surface area contributed by atoms with Crippen LogP contribution >= 0.6 is 11.3 Å². The maximum absolute atomic E-state index is 14.4. The number of amides is 2. The topological polar surface area (TPSA) is 74.3 Å². The first-order chi connectivity index (χ1) is 18.0. The molecule has 0 spiro atoms. The highest BCUT2D eigenvalue weighted by Gasteiger charge is 2.40. The smallest absolute Gasteiger partial charge is 0.246 e. The molecular weight excluding hydrogens is 487 g/mol. The maximum Gasteiger partial charge on any atom is 0.246 e. The van der Waals surface area contributed by atoms with Crippen molar-refractivity contribution in [2.75, 3.05) is 13.6 Å². The fourth-order valence-electron chi connectivity index (χ4n) is 5.77. The Morgan fingerprint density at radius 2 is 1.81 bits per heavy atom. The van der Waals surface area contributed by atoms with E-state index in [1.54, 1.807) is 30.5 Å². The molecule has 3 atom stereocenters. The summed E-state index contributed by atoms with van der Waals surface area (Å²) >= 11 is 1.55. The lowest BCUT2D eigenvalue weighted by molar-refractivity contribution is -0.139. The Morgan fingerprint density at radius 3 is 2.57 bits per heavy atom. The second-order valence-corrected chi connectivity index (χ2v) is 11.2. The van der Waals surface area contributed by atoms with E-state index in [1.807, 2.05) is 35.4 Å². The van der Waals surface area contributed by atoms with E-state index in [2.05, 4.69) is 10.6 Å². The van der Waals surface area contributed by atoms with Crippen LogP contribution in [0.3, 0.4) is 0 Å². The number of halogens is 1. The molecule has 3 aromatic rings. The van der Waals surface area contributed by atoms with Crippen LogP contribution in [0.5, 0.6) is 0 Å². The zero-order valence-electron chi connectivity index (χ0n) is 21.5. The number of carbonyl (C=O) groups is 2. The molecule has 2 amide bonds. The summed E-state index contributed by atoms with van der Waals surface area (Å²) in [6.45, 7) is 2.48. The largest absolute Gasteiger partial charge is 0.343 e. The minimum absolute atomic E-state index is 0.00929. The van der Waals surface area contributed by atoms with Crippen LogP contribution in [0, 0.1) is 11.7 Å². The van der Waals surface area contributed by atoms with E-state index in [-0.39, 0.29) is 35.6 Å². The molecule has 196 valence electrons. The van der Waals surface area contributed by atoms with Gasteiger partial charge in [0.05, 0.1) is 17.8 Å². The van der Waals surface area contributed by atoms with E-state index < -0.39 is 6.04 Å². The van der Waals surface area contributed by atoms with Crippen LogP contribution in [-0.4, -0.2) is 47.4 Å². The number of nitrogens with zero attached hydrogens (tertiary/aromatic N) is 2. The number of thiazole rings is 1. The van der Waals surface area contributed by atoms with Crippen LogP contribution in [0.1, 0.15) is 62.9 Å². The highest BCUT2D eigenvalue weighted by molar-refractivity contribution is 7.10. The molecule has 2 aromatic carbocycles. The lowest BCUT2D eigenvalue weighted by Crippen LogP contribution is -2.55. The number of hydrogen-bond acceptors (Lipinski definition) is 5. The standard InChI is InChI=1S/C29H35FN4O2S/c1-18(31-2)27(35)33-26(19-9-4-3-5-10-19)29(36)34-16-8-13-25(34)28-32-24(17-37-28)22-14-15-23(30)21-12-7-6-11-20(21)22/h6-7,11-12,14-15,17-19,25-26,31H,3-5,8-10,13,16H2,1-2H3,(H,33,35)/t18-,25-,26-/m0/s1. The molecule has 8 heteroatoms. The molecule has 1 saturated carbocycles. The normalized spacial score (nSPS) is 20.2. The first-order valence-electron chi connectivity index (χ1n) is 13.4. The molecule has 2 fully saturated rings. The van der Waals surface area contributed by atoms with Gasteiger partial charge in [-0.15, -0.1) is 11.3 Å². The Hall–Kier alpha value is -2.84. The zero-order valence-corrected chi connectivity index (χ0v) is 22.3. The van der Waals surface area contributed by atoms with Crippen molar-refractivity contribution in [3.8, 4) is 11.3 Å². The molecule has 1 aromatic heterocycles. The highest BCUT2D eigenvalue weighted by atomic mass is 32.1. The second-order valence-electron chi connectivity index (χ2n) is 10.3. The van der Waals surface area contributed by atoms with E-state index in [4.69, 9.17) is 4.98 Å². The fraction of sp³-hybridized carbons (Fsp3) is 0.483. The SMILES string of the molecule is CN[C@@H](C)C(=O)N[C@H](C(=O)N1CCC[C@H]1c1nc(-c2ccc(F)c3ccccc23)cs1)C1CCCCC1. The number of likely N-dealkylation sites (N-methyl/N-ethyl adjacent to an activating group) is 1. The van der Waals surface area contributed by atoms with Crippen molar-refractivity contribution in [1.29, 1.82) is 0 Å². The van der Waals surface area contributed by atoms with Crippen LogP contribution in [0.15, 0.2) is 41.8 Å². The Morgan fingerprint density at radius 1 is 1.05 bits per heavy atom. The minimum atomic E-state index is -0.510. The predicted octanol–water partition coefficient (Wildman–Crippen LogP) is 5.44. The summed E-state index contributed by atoms with van der Waals surface area (Å²) < 4.78 is 14.4. The van der Waals surface area contributed by atoms with Gasteiger partial charge in [0, 0.05) is 22.9 Å². The van der Waals surface area contributed by atoms with Crippen molar-refractivity contribution >= 4 is 33.9 Å². The lowest BCUT2D eigenvalue weighted by Gasteiger charge is -2.35. The summed E-state index contributed by atoms with van der Waals surface area (Å²) in [6.07, 6.45) is 7.05. The van der Waals surface area contributed by atoms with E-state index >= 15 is 0 Å². The number of nitrogens with one attached hydrogen (secondary N) is 2. The van der Waals surface area contributed by atoms with E-state index in [9.17, 15) is 14.0 Å². The first kappa shape index (κ1) is 25.8. The number of benzene rings is 2. The molecule has 1 aliphatic heterocycles. The second kappa shape index (κ2) is 11.3. The van der Waals surface area contributed by atoms with Gasteiger partial charge in [0.15, 0.2) is 0 Å². The number of hydrogen-bond donors (Lipinski definition) is 2. The Bertz CT molecular complexity index is 1270. The van der Waals surface area contributed by atoms with Gasteiger partial charge in [0.25, 0.3) is 0 Å². The number of aromatic nitrogens is 1. The molecular formula is C29H35FN4O2S. The monoisotopic (exact) mass is 522 g/mol. The first-order valence-corrected chi connectivity index (χ1v) is 14.3. The Labute approximate surface area is 221 Å². The van der Waals surface area contributed by atoms with Gasteiger partial charge >= 0.3 is 0 Å². The molecule has 5 rings (SSSR count). The number of likely N-dealkylation sites (tertiary alicyclic amines) is 1. The van der Waals surface area contributed by atoms with Crippen molar-refractivity contribution < 1.29 is 14.0 Å². The minimum Gasteiger partial charge on any atom is -0.343 e. The highest BCUT2D eigenvalue weighted by Crippen LogP contribution is 2.39. The van der Waals surface area contributed by atoms with Gasteiger partial charge in [-0.2, -0.15) is 0 Å². The van der Waals surface area contributed by atoms with Crippen molar-refractivity contribution in [1.82, 2.24) is 20.5 Å². The van der Waals surface area contributed by atoms with Crippen LogP contribution in [-0.2, 0) is 9.59 Å². The zero-order chi connectivity index (χ0) is 25.9. The lowest BCUT2D eigenvalue weighted by atomic mass is 9.83. The van der Waals surface area contributed by atoms with Gasteiger partial charge in [-0.25, -0.2) is 9.37 Å². The molecule has 0 radical (unpaired) electrons. The third-order valence-electron chi connectivity index (χ3n) is 8.00. The number of fused-ring (bicyclic) bond motifs is 1. The molecule has 2 heterocycles. The summed E-state index contributed by atoms with van der Waals surface area (Å²) in [7, 11) is 1.75. The molecule has 6 nitrogen and oxygen atoms in total. The van der Waals surface area contributed by atoms with Crippen LogP contribution < -0.4 is 10.6 Å². The molecule has 1 aliphatic carbocycles. The molecule has 0 bridgehead atoms. The number of rotatable bonds is 7. The summed E-state index contributed by atoms with van der Waals surface area (Å²) in [5.74, 6) is -0.212. The summed E-state index contributed by atoms with van der Waals surface area (Å²) in [5, 5.41) is 10.4. The van der Waals surface area contributed by atoms with Crippen LogP contribution in [0.25, 0.3) is 22.0 Å². The van der Waals surface area contributed by atoms with Gasteiger partial charge in [-0.05, 0) is 63.1 Å². The van der Waals surface area contributed by atoms with E-state index in [1.165, 1.54) is 12.5 Å². The summed E-state index contributed by atoms with van der Waals surface area (Å²) in [4.78, 5) is 33.7. The third-order valence-corrected chi connectivity index (χ3v) is 8.95. The molecule has 0 unspecified atom stereocenters. The average molecular weight is 523 g/mol.